The van der Waals surface area contributed by atoms with Crippen molar-refractivity contribution >= 4 is 0 Å². The maximum atomic E-state index is 9.44. The lowest BCUT2D eigenvalue weighted by Crippen LogP contribution is -2.00. The minimum absolute atomic E-state index is 0.0345. The van der Waals surface area contributed by atoms with Crippen LogP contribution in [0.2, 0.25) is 0 Å². The number of rotatable bonds is 4. The standard InChI is InChI=1S/C9H13NO3/c1-13-9-3-2-7(6-10-9)8(12)4-5-11/h2-3,6,8,11-12H,4-5H2,1H3. The van der Waals surface area contributed by atoms with E-state index < -0.39 is 6.10 Å². The van der Waals surface area contributed by atoms with Crippen LogP contribution in [0.1, 0.15) is 18.1 Å². The Balaban J connectivity index is 2.67. The first-order valence-corrected chi connectivity index (χ1v) is 4.06. The van der Waals surface area contributed by atoms with Crippen molar-refractivity contribution in [2.45, 2.75) is 12.5 Å². The Morgan fingerprint density at radius 2 is 2.31 bits per heavy atom. The molecule has 1 aromatic rings. The summed E-state index contributed by atoms with van der Waals surface area (Å²) in [5, 5.41) is 18.0. The predicted molar refractivity (Wildman–Crippen MR) is 47.5 cm³/mol. The lowest BCUT2D eigenvalue weighted by atomic mass is 10.1. The van der Waals surface area contributed by atoms with Gasteiger partial charge in [-0.2, -0.15) is 0 Å². The molecule has 0 saturated heterocycles. The van der Waals surface area contributed by atoms with Crippen LogP contribution in [0.4, 0.5) is 0 Å². The van der Waals surface area contributed by atoms with Crippen molar-refractivity contribution in [3.63, 3.8) is 0 Å². The molecule has 1 aromatic heterocycles. The van der Waals surface area contributed by atoms with Gasteiger partial charge in [-0.3, -0.25) is 0 Å². The number of aliphatic hydroxyl groups is 2. The largest absolute Gasteiger partial charge is 0.481 e. The summed E-state index contributed by atoms with van der Waals surface area (Å²) in [6.07, 6.45) is 1.22. The van der Waals surface area contributed by atoms with Gasteiger partial charge >= 0.3 is 0 Å². The number of nitrogens with zero attached hydrogens (tertiary/aromatic N) is 1. The maximum Gasteiger partial charge on any atom is 0.212 e. The van der Waals surface area contributed by atoms with Crippen molar-refractivity contribution in [3.05, 3.63) is 23.9 Å². The van der Waals surface area contributed by atoms with Crippen LogP contribution < -0.4 is 4.74 Å². The molecule has 0 aromatic carbocycles. The third kappa shape index (κ3) is 2.68. The van der Waals surface area contributed by atoms with Crippen LogP contribution >= 0.6 is 0 Å². The highest BCUT2D eigenvalue weighted by molar-refractivity contribution is 5.19. The number of aromatic nitrogens is 1. The van der Waals surface area contributed by atoms with Crippen molar-refractivity contribution in [3.8, 4) is 5.88 Å². The summed E-state index contributed by atoms with van der Waals surface area (Å²) in [5.74, 6) is 0.514. The molecule has 0 aliphatic heterocycles. The van der Waals surface area contributed by atoms with Gasteiger partial charge in [0.05, 0.1) is 13.2 Å². The Hall–Kier alpha value is -1.13. The van der Waals surface area contributed by atoms with Crippen LogP contribution in [0.3, 0.4) is 0 Å². The number of hydrogen-bond acceptors (Lipinski definition) is 4. The minimum atomic E-state index is -0.650. The van der Waals surface area contributed by atoms with E-state index in [-0.39, 0.29) is 6.61 Å². The van der Waals surface area contributed by atoms with Gasteiger partial charge in [-0.05, 0) is 11.6 Å². The van der Waals surface area contributed by atoms with Gasteiger partial charge in [0, 0.05) is 25.3 Å². The fraction of sp³-hybridized carbons (Fsp3) is 0.444. The Kier molecular flexibility index (Phi) is 3.67. The van der Waals surface area contributed by atoms with E-state index in [1.54, 1.807) is 18.3 Å². The van der Waals surface area contributed by atoms with E-state index in [0.29, 0.717) is 17.9 Å². The molecule has 4 nitrogen and oxygen atoms in total. The zero-order valence-corrected chi connectivity index (χ0v) is 7.47. The highest BCUT2D eigenvalue weighted by Crippen LogP contribution is 2.16. The smallest absolute Gasteiger partial charge is 0.212 e. The summed E-state index contributed by atoms with van der Waals surface area (Å²) in [5.41, 5.74) is 0.690. The molecule has 0 fully saturated rings. The zero-order valence-electron chi connectivity index (χ0n) is 7.47. The summed E-state index contributed by atoms with van der Waals surface area (Å²) < 4.78 is 4.87. The summed E-state index contributed by atoms with van der Waals surface area (Å²) in [4.78, 5) is 3.94. The van der Waals surface area contributed by atoms with Crippen LogP contribution in [0, 0.1) is 0 Å². The molecule has 4 heteroatoms. The van der Waals surface area contributed by atoms with Crippen molar-refractivity contribution in [2.75, 3.05) is 13.7 Å². The third-order valence-electron chi connectivity index (χ3n) is 1.76. The molecule has 1 rings (SSSR count). The first kappa shape index (κ1) is 9.95. The van der Waals surface area contributed by atoms with E-state index >= 15 is 0 Å². The van der Waals surface area contributed by atoms with E-state index in [1.807, 2.05) is 0 Å². The van der Waals surface area contributed by atoms with Crippen molar-refractivity contribution in [1.29, 1.82) is 0 Å². The Morgan fingerprint density at radius 3 is 2.77 bits per heavy atom. The average molecular weight is 183 g/mol. The number of aliphatic hydroxyl groups excluding tert-OH is 2. The summed E-state index contributed by atoms with van der Waals surface area (Å²) in [6, 6.07) is 3.40. The summed E-state index contributed by atoms with van der Waals surface area (Å²) in [6.45, 7) is -0.0345. The highest BCUT2D eigenvalue weighted by Gasteiger charge is 2.06. The van der Waals surface area contributed by atoms with Gasteiger partial charge in [0.15, 0.2) is 0 Å². The van der Waals surface area contributed by atoms with Gasteiger partial charge in [0.25, 0.3) is 0 Å². The second kappa shape index (κ2) is 4.79. The first-order valence-electron chi connectivity index (χ1n) is 4.06. The predicted octanol–water partition coefficient (Wildman–Crippen LogP) is 0.506. The van der Waals surface area contributed by atoms with Gasteiger partial charge in [0.2, 0.25) is 5.88 Å². The van der Waals surface area contributed by atoms with Crippen LogP contribution in [-0.4, -0.2) is 28.9 Å². The number of pyridine rings is 1. The maximum absolute atomic E-state index is 9.44. The second-order valence-corrected chi connectivity index (χ2v) is 2.66. The highest BCUT2D eigenvalue weighted by atomic mass is 16.5. The van der Waals surface area contributed by atoms with Crippen molar-refractivity contribution < 1.29 is 14.9 Å². The Morgan fingerprint density at radius 1 is 1.54 bits per heavy atom. The van der Waals surface area contributed by atoms with Gasteiger partial charge < -0.3 is 14.9 Å². The van der Waals surface area contributed by atoms with Gasteiger partial charge in [-0.15, -0.1) is 0 Å². The van der Waals surface area contributed by atoms with E-state index in [4.69, 9.17) is 9.84 Å². The Bertz CT molecular complexity index is 248. The Labute approximate surface area is 76.8 Å². The van der Waals surface area contributed by atoms with Gasteiger partial charge in [0.1, 0.15) is 0 Å². The van der Waals surface area contributed by atoms with Crippen molar-refractivity contribution in [2.24, 2.45) is 0 Å². The molecular weight excluding hydrogens is 170 g/mol. The van der Waals surface area contributed by atoms with E-state index in [0.717, 1.165) is 0 Å². The number of methoxy groups -OCH3 is 1. The third-order valence-corrected chi connectivity index (χ3v) is 1.76. The first-order chi connectivity index (χ1) is 6.27. The van der Waals surface area contributed by atoms with E-state index in [2.05, 4.69) is 4.98 Å². The average Bonchev–Trinajstić information content (AvgIpc) is 2.18. The van der Waals surface area contributed by atoms with E-state index in [9.17, 15) is 5.11 Å². The van der Waals surface area contributed by atoms with Gasteiger partial charge in [-0.1, -0.05) is 0 Å². The second-order valence-electron chi connectivity index (χ2n) is 2.66. The van der Waals surface area contributed by atoms with Crippen LogP contribution in [0.15, 0.2) is 18.3 Å². The molecular formula is C9H13NO3. The summed E-state index contributed by atoms with van der Waals surface area (Å²) in [7, 11) is 1.53. The normalized spacial score (nSPS) is 12.5. The topological polar surface area (TPSA) is 62.6 Å². The lowest BCUT2D eigenvalue weighted by Gasteiger charge is -2.08. The molecule has 0 amide bonds. The molecule has 13 heavy (non-hydrogen) atoms. The SMILES string of the molecule is COc1ccc(C(O)CCO)cn1. The molecule has 0 aliphatic rings. The minimum Gasteiger partial charge on any atom is -0.481 e. The molecule has 0 bridgehead atoms. The van der Waals surface area contributed by atoms with Crippen molar-refractivity contribution in [1.82, 2.24) is 4.98 Å². The zero-order chi connectivity index (χ0) is 9.68. The van der Waals surface area contributed by atoms with Crippen LogP contribution in [0.5, 0.6) is 5.88 Å². The number of hydrogen-bond donors (Lipinski definition) is 2. The molecule has 72 valence electrons. The fourth-order valence-corrected chi connectivity index (χ4v) is 0.999. The molecule has 0 radical (unpaired) electrons. The quantitative estimate of drug-likeness (QED) is 0.713. The lowest BCUT2D eigenvalue weighted by molar-refractivity contribution is 0.134. The van der Waals surface area contributed by atoms with Crippen LogP contribution in [-0.2, 0) is 0 Å². The molecule has 0 aliphatic carbocycles. The molecule has 0 spiro atoms. The number of ether oxygens (including phenoxy) is 1. The molecule has 1 heterocycles. The molecule has 1 unspecified atom stereocenters. The fourth-order valence-electron chi connectivity index (χ4n) is 0.999. The summed E-state index contributed by atoms with van der Waals surface area (Å²) >= 11 is 0. The molecule has 1 atom stereocenters. The van der Waals surface area contributed by atoms with Crippen LogP contribution in [0.25, 0.3) is 0 Å². The van der Waals surface area contributed by atoms with E-state index in [1.165, 1.54) is 7.11 Å². The molecule has 0 saturated carbocycles. The monoisotopic (exact) mass is 183 g/mol. The molecule has 2 N–H and O–H groups in total. The van der Waals surface area contributed by atoms with Gasteiger partial charge in [-0.25, -0.2) is 4.98 Å².